The number of ether oxygens (including phenoxy) is 2. The Hall–Kier alpha value is -3.36. The number of aryl methyl sites for hydroxylation is 1. The molecule has 0 aliphatic carbocycles. The number of carbonyl (C=O) groups is 1. The van der Waals surface area contributed by atoms with E-state index in [-0.39, 0.29) is 23.9 Å². The maximum absolute atomic E-state index is 12.8. The van der Waals surface area contributed by atoms with Gasteiger partial charge in [0.2, 0.25) is 5.82 Å². The first-order chi connectivity index (χ1) is 13.3. The Labute approximate surface area is 157 Å². The Kier molecular flexibility index (Phi) is 5.34. The minimum atomic E-state index is -4.48. The zero-order chi connectivity index (χ0) is 20.3. The smallest absolute Gasteiger partial charge is 0.416 e. The van der Waals surface area contributed by atoms with Crippen molar-refractivity contribution in [3.05, 3.63) is 65.0 Å². The number of aromatic nitrogens is 2. The Morgan fingerprint density at radius 3 is 2.64 bits per heavy atom. The van der Waals surface area contributed by atoms with Gasteiger partial charge in [-0.2, -0.15) is 18.2 Å². The second-order valence-electron chi connectivity index (χ2n) is 5.85. The Balaban J connectivity index is 1.69. The van der Waals surface area contributed by atoms with Gasteiger partial charge >= 0.3 is 12.1 Å². The van der Waals surface area contributed by atoms with E-state index < -0.39 is 17.7 Å². The number of alkyl halides is 3. The molecule has 0 amide bonds. The number of benzene rings is 2. The molecule has 0 unspecified atom stereocenters. The maximum Gasteiger partial charge on any atom is 0.416 e. The van der Waals surface area contributed by atoms with Crippen LogP contribution in [0.2, 0.25) is 0 Å². The number of esters is 1. The Bertz CT molecular complexity index is 999. The molecular weight excluding hydrogens is 377 g/mol. The van der Waals surface area contributed by atoms with E-state index in [9.17, 15) is 18.0 Å². The van der Waals surface area contributed by atoms with Crippen LogP contribution in [-0.2, 0) is 17.5 Å². The van der Waals surface area contributed by atoms with Crippen LogP contribution in [0.25, 0.3) is 11.4 Å². The van der Waals surface area contributed by atoms with Crippen molar-refractivity contribution in [1.29, 1.82) is 0 Å². The molecule has 146 valence electrons. The minimum absolute atomic E-state index is 0.0298. The van der Waals surface area contributed by atoms with Crippen LogP contribution in [0, 0.1) is 6.92 Å². The summed E-state index contributed by atoms with van der Waals surface area (Å²) in [5.41, 5.74) is 0.331. The molecule has 0 N–H and O–H groups in total. The summed E-state index contributed by atoms with van der Waals surface area (Å²) in [6.45, 7) is 1.42. The monoisotopic (exact) mass is 392 g/mol. The third kappa shape index (κ3) is 4.30. The highest BCUT2D eigenvalue weighted by molar-refractivity contribution is 5.91. The van der Waals surface area contributed by atoms with Crippen molar-refractivity contribution < 1.29 is 32.0 Å². The predicted octanol–water partition coefficient (Wildman–Crippen LogP) is 4.43. The second-order valence-corrected chi connectivity index (χ2v) is 5.85. The highest BCUT2D eigenvalue weighted by atomic mass is 19.4. The van der Waals surface area contributed by atoms with Crippen molar-refractivity contribution in [1.82, 2.24) is 10.1 Å². The number of rotatable bonds is 5. The third-order valence-corrected chi connectivity index (χ3v) is 3.90. The average Bonchev–Trinajstić information content (AvgIpc) is 3.14. The van der Waals surface area contributed by atoms with Gasteiger partial charge in [-0.05, 0) is 42.8 Å². The summed E-state index contributed by atoms with van der Waals surface area (Å²) in [6.07, 6.45) is -4.48. The van der Waals surface area contributed by atoms with E-state index in [1.165, 1.54) is 19.2 Å². The summed E-state index contributed by atoms with van der Waals surface area (Å²) in [7, 11) is 1.52. The number of halogens is 3. The van der Waals surface area contributed by atoms with E-state index in [1.54, 1.807) is 25.1 Å². The first-order valence-electron chi connectivity index (χ1n) is 8.10. The highest BCUT2D eigenvalue weighted by Gasteiger charge is 2.30. The molecule has 0 radical (unpaired) electrons. The molecule has 3 aromatic rings. The van der Waals surface area contributed by atoms with Gasteiger partial charge in [-0.3, -0.25) is 0 Å². The molecule has 6 nitrogen and oxygen atoms in total. The van der Waals surface area contributed by atoms with Crippen LogP contribution in [-0.4, -0.2) is 23.2 Å². The van der Waals surface area contributed by atoms with Crippen molar-refractivity contribution in [2.75, 3.05) is 7.11 Å². The molecule has 28 heavy (non-hydrogen) atoms. The van der Waals surface area contributed by atoms with E-state index in [2.05, 4.69) is 10.1 Å². The van der Waals surface area contributed by atoms with Crippen LogP contribution in [0.1, 0.15) is 27.4 Å². The van der Waals surface area contributed by atoms with E-state index in [0.717, 1.165) is 12.1 Å². The Morgan fingerprint density at radius 2 is 1.96 bits per heavy atom. The quantitative estimate of drug-likeness (QED) is 0.598. The van der Waals surface area contributed by atoms with E-state index in [4.69, 9.17) is 14.0 Å². The zero-order valence-electron chi connectivity index (χ0n) is 14.9. The van der Waals surface area contributed by atoms with E-state index in [1.807, 2.05) is 0 Å². The molecule has 9 heteroatoms. The van der Waals surface area contributed by atoms with Crippen molar-refractivity contribution in [2.24, 2.45) is 0 Å². The molecule has 0 aliphatic rings. The summed E-state index contributed by atoms with van der Waals surface area (Å²) in [5.74, 6) is -0.0552. The number of hydrogen-bond donors (Lipinski definition) is 0. The molecular formula is C19H15F3N2O4. The van der Waals surface area contributed by atoms with Gasteiger partial charge in [-0.15, -0.1) is 0 Å². The molecule has 0 bridgehead atoms. The number of nitrogens with zero attached hydrogens (tertiary/aromatic N) is 2. The lowest BCUT2D eigenvalue weighted by molar-refractivity contribution is -0.137. The SMILES string of the molecule is COc1ccc(C(=O)OCc2nc(-c3cccc(C(F)(F)F)c3)no2)c(C)c1. The zero-order valence-corrected chi connectivity index (χ0v) is 14.9. The van der Waals surface area contributed by atoms with Crippen molar-refractivity contribution >= 4 is 5.97 Å². The fourth-order valence-corrected chi connectivity index (χ4v) is 2.46. The van der Waals surface area contributed by atoms with Gasteiger partial charge in [0.05, 0.1) is 18.2 Å². The lowest BCUT2D eigenvalue weighted by atomic mass is 10.1. The van der Waals surface area contributed by atoms with E-state index in [0.29, 0.717) is 16.9 Å². The Morgan fingerprint density at radius 1 is 1.18 bits per heavy atom. The summed E-state index contributed by atoms with van der Waals surface area (Å²) in [5, 5.41) is 3.64. The summed E-state index contributed by atoms with van der Waals surface area (Å²) < 4.78 is 53.6. The van der Waals surface area contributed by atoms with Crippen LogP contribution in [0.3, 0.4) is 0 Å². The molecule has 3 rings (SSSR count). The number of methoxy groups -OCH3 is 1. The normalized spacial score (nSPS) is 11.3. The fraction of sp³-hybridized carbons (Fsp3) is 0.211. The first-order valence-corrected chi connectivity index (χ1v) is 8.10. The van der Waals surface area contributed by atoms with Crippen LogP contribution in [0.5, 0.6) is 5.75 Å². The van der Waals surface area contributed by atoms with Gasteiger partial charge in [0.25, 0.3) is 5.89 Å². The van der Waals surface area contributed by atoms with Crippen molar-refractivity contribution in [3.63, 3.8) is 0 Å². The number of carbonyl (C=O) groups excluding carboxylic acids is 1. The van der Waals surface area contributed by atoms with Gasteiger partial charge in [0.15, 0.2) is 6.61 Å². The molecule has 0 saturated heterocycles. The average molecular weight is 392 g/mol. The molecule has 0 fully saturated rings. The highest BCUT2D eigenvalue weighted by Crippen LogP contribution is 2.31. The molecule has 2 aromatic carbocycles. The topological polar surface area (TPSA) is 74.5 Å². The molecule has 0 aliphatic heterocycles. The van der Waals surface area contributed by atoms with E-state index >= 15 is 0 Å². The first kappa shape index (κ1) is 19.4. The van der Waals surface area contributed by atoms with Gasteiger partial charge in [0.1, 0.15) is 5.75 Å². The maximum atomic E-state index is 12.8. The van der Waals surface area contributed by atoms with Gasteiger partial charge < -0.3 is 14.0 Å². The molecule has 1 heterocycles. The minimum Gasteiger partial charge on any atom is -0.497 e. The molecule has 0 spiro atoms. The van der Waals surface area contributed by atoms with Gasteiger partial charge in [0, 0.05) is 5.56 Å². The summed E-state index contributed by atoms with van der Waals surface area (Å²) in [4.78, 5) is 16.2. The second kappa shape index (κ2) is 7.71. The third-order valence-electron chi connectivity index (χ3n) is 3.90. The van der Waals surface area contributed by atoms with Crippen LogP contribution in [0.4, 0.5) is 13.2 Å². The standard InChI is InChI=1S/C19H15F3N2O4/c1-11-8-14(26-2)6-7-15(11)18(25)27-10-16-23-17(24-28-16)12-4-3-5-13(9-12)19(20,21)22/h3-9H,10H2,1-2H3. The largest absolute Gasteiger partial charge is 0.497 e. The summed E-state index contributed by atoms with van der Waals surface area (Å²) in [6, 6.07) is 9.43. The lowest BCUT2D eigenvalue weighted by Gasteiger charge is -2.07. The van der Waals surface area contributed by atoms with Gasteiger partial charge in [-0.1, -0.05) is 17.3 Å². The molecule has 0 atom stereocenters. The molecule has 1 aromatic heterocycles. The number of hydrogen-bond acceptors (Lipinski definition) is 6. The van der Waals surface area contributed by atoms with Crippen LogP contribution in [0.15, 0.2) is 47.0 Å². The lowest BCUT2D eigenvalue weighted by Crippen LogP contribution is -2.07. The van der Waals surface area contributed by atoms with Crippen LogP contribution >= 0.6 is 0 Å². The predicted molar refractivity (Wildman–Crippen MR) is 91.6 cm³/mol. The van der Waals surface area contributed by atoms with Gasteiger partial charge in [-0.25, -0.2) is 4.79 Å². The molecule has 0 saturated carbocycles. The van der Waals surface area contributed by atoms with Crippen molar-refractivity contribution in [2.45, 2.75) is 19.7 Å². The fourth-order valence-electron chi connectivity index (χ4n) is 2.46. The van der Waals surface area contributed by atoms with Crippen LogP contribution < -0.4 is 4.74 Å². The van der Waals surface area contributed by atoms with Crippen molar-refractivity contribution in [3.8, 4) is 17.1 Å². The summed E-state index contributed by atoms with van der Waals surface area (Å²) >= 11 is 0.